The maximum Gasteiger partial charge on any atom is 0.253 e. The molecule has 1 saturated heterocycles. The van der Waals surface area contributed by atoms with E-state index in [4.69, 9.17) is 5.73 Å². The molecule has 2 rings (SSSR count). The number of carbonyl (C=O) groups is 1. The summed E-state index contributed by atoms with van der Waals surface area (Å²) < 4.78 is 0. The molecule has 2 N–H and O–H groups in total. The molecular weight excluding hydrogens is 236 g/mol. The number of nitrogens with zero attached hydrogens (tertiary/aromatic N) is 1. The minimum Gasteiger partial charge on any atom is -0.338 e. The Morgan fingerprint density at radius 1 is 1.37 bits per heavy atom. The lowest BCUT2D eigenvalue weighted by molar-refractivity contribution is 0.0678. The van der Waals surface area contributed by atoms with Crippen molar-refractivity contribution in [3.63, 3.8) is 0 Å². The van der Waals surface area contributed by atoms with Crippen LogP contribution < -0.4 is 5.73 Å². The van der Waals surface area contributed by atoms with E-state index in [0.717, 1.165) is 31.5 Å². The Kier molecular flexibility index (Phi) is 4.59. The number of rotatable bonds is 3. The van der Waals surface area contributed by atoms with Crippen molar-refractivity contribution >= 4 is 5.91 Å². The minimum atomic E-state index is 0.147. The summed E-state index contributed by atoms with van der Waals surface area (Å²) in [7, 11) is 0. The molecule has 104 valence electrons. The lowest BCUT2D eigenvalue weighted by atomic mass is 9.97. The molecule has 0 aliphatic carbocycles. The lowest BCUT2D eigenvalue weighted by Gasteiger charge is -2.32. The van der Waals surface area contributed by atoms with Crippen molar-refractivity contribution in [1.82, 2.24) is 4.90 Å². The third kappa shape index (κ3) is 3.35. The van der Waals surface area contributed by atoms with E-state index in [9.17, 15) is 4.79 Å². The monoisotopic (exact) mass is 260 g/mol. The summed E-state index contributed by atoms with van der Waals surface area (Å²) in [5.74, 6) is 1.11. The quantitative estimate of drug-likeness (QED) is 0.908. The van der Waals surface area contributed by atoms with Crippen molar-refractivity contribution in [3.8, 4) is 0 Å². The molecule has 1 aromatic carbocycles. The van der Waals surface area contributed by atoms with Crippen LogP contribution in [0.25, 0.3) is 0 Å². The molecule has 3 nitrogen and oxygen atoms in total. The van der Waals surface area contributed by atoms with Crippen LogP contribution in [0.3, 0.4) is 0 Å². The maximum atomic E-state index is 12.4. The average Bonchev–Trinajstić information content (AvgIpc) is 2.46. The molecule has 1 aliphatic rings. The first-order chi connectivity index (χ1) is 9.11. The molecule has 1 unspecified atom stereocenters. The van der Waals surface area contributed by atoms with E-state index in [-0.39, 0.29) is 5.91 Å². The van der Waals surface area contributed by atoms with Crippen molar-refractivity contribution in [2.24, 2.45) is 11.7 Å². The predicted octanol–water partition coefficient (Wildman–Crippen LogP) is 2.62. The Balaban J connectivity index is 2.06. The number of amides is 1. The van der Waals surface area contributed by atoms with E-state index in [0.29, 0.717) is 18.4 Å². The first-order valence-corrected chi connectivity index (χ1v) is 7.21. The fourth-order valence-electron chi connectivity index (χ4n) is 2.64. The molecule has 0 aromatic heterocycles. The van der Waals surface area contributed by atoms with Gasteiger partial charge in [-0.25, -0.2) is 0 Å². The number of piperidine rings is 1. The fourth-order valence-corrected chi connectivity index (χ4v) is 2.64. The van der Waals surface area contributed by atoms with Gasteiger partial charge in [0.2, 0.25) is 0 Å². The third-order valence-corrected chi connectivity index (χ3v) is 3.96. The van der Waals surface area contributed by atoms with E-state index in [1.165, 1.54) is 5.56 Å². The molecule has 1 heterocycles. The van der Waals surface area contributed by atoms with Crippen molar-refractivity contribution < 1.29 is 4.79 Å². The van der Waals surface area contributed by atoms with E-state index < -0.39 is 0 Å². The highest BCUT2D eigenvalue weighted by molar-refractivity contribution is 5.94. The van der Waals surface area contributed by atoms with Crippen LogP contribution in [0.2, 0.25) is 0 Å². The zero-order chi connectivity index (χ0) is 13.8. The Bertz CT molecular complexity index is 425. The summed E-state index contributed by atoms with van der Waals surface area (Å²) >= 11 is 0. The molecule has 19 heavy (non-hydrogen) atoms. The molecule has 3 heteroatoms. The summed E-state index contributed by atoms with van der Waals surface area (Å²) in [5, 5.41) is 0. The van der Waals surface area contributed by atoms with E-state index >= 15 is 0 Å². The van der Waals surface area contributed by atoms with Gasteiger partial charge in [-0.1, -0.05) is 26.0 Å². The molecule has 1 fully saturated rings. The molecule has 0 radical (unpaired) electrons. The second kappa shape index (κ2) is 6.20. The van der Waals surface area contributed by atoms with Gasteiger partial charge >= 0.3 is 0 Å². The van der Waals surface area contributed by atoms with Gasteiger partial charge in [-0.15, -0.1) is 0 Å². The number of hydrogen-bond donors (Lipinski definition) is 1. The van der Waals surface area contributed by atoms with Crippen LogP contribution in [-0.2, 0) is 0 Å². The fraction of sp³-hybridized carbons (Fsp3) is 0.562. The van der Waals surface area contributed by atoms with Gasteiger partial charge in [0, 0.05) is 18.7 Å². The van der Waals surface area contributed by atoms with Gasteiger partial charge in [-0.3, -0.25) is 4.79 Å². The Hall–Kier alpha value is -1.35. The number of carbonyl (C=O) groups excluding carboxylic acids is 1. The smallest absolute Gasteiger partial charge is 0.253 e. The van der Waals surface area contributed by atoms with Crippen molar-refractivity contribution in [1.29, 1.82) is 0 Å². The van der Waals surface area contributed by atoms with Crippen LogP contribution in [0, 0.1) is 5.92 Å². The zero-order valence-electron chi connectivity index (χ0n) is 11.9. The minimum absolute atomic E-state index is 0.147. The molecule has 0 bridgehead atoms. The number of hydrogen-bond acceptors (Lipinski definition) is 2. The molecule has 0 saturated carbocycles. The van der Waals surface area contributed by atoms with Gasteiger partial charge in [0.15, 0.2) is 0 Å². The van der Waals surface area contributed by atoms with Gasteiger partial charge < -0.3 is 10.6 Å². The van der Waals surface area contributed by atoms with Crippen LogP contribution in [0.4, 0.5) is 0 Å². The first kappa shape index (κ1) is 14.1. The van der Waals surface area contributed by atoms with Crippen LogP contribution in [0.5, 0.6) is 0 Å². The van der Waals surface area contributed by atoms with Gasteiger partial charge in [0.1, 0.15) is 0 Å². The molecule has 1 aliphatic heterocycles. The van der Waals surface area contributed by atoms with E-state index in [2.05, 4.69) is 26.0 Å². The van der Waals surface area contributed by atoms with Crippen molar-refractivity contribution in [3.05, 3.63) is 35.4 Å². The number of benzene rings is 1. The van der Waals surface area contributed by atoms with E-state index in [1.807, 2.05) is 17.0 Å². The van der Waals surface area contributed by atoms with Gasteiger partial charge in [-0.2, -0.15) is 0 Å². The number of nitrogens with two attached hydrogens (primary N) is 1. The first-order valence-electron chi connectivity index (χ1n) is 7.21. The van der Waals surface area contributed by atoms with Gasteiger partial charge in [0.25, 0.3) is 5.91 Å². The van der Waals surface area contributed by atoms with Gasteiger partial charge in [0.05, 0.1) is 0 Å². The van der Waals surface area contributed by atoms with Crippen LogP contribution in [-0.4, -0.2) is 30.4 Å². The summed E-state index contributed by atoms with van der Waals surface area (Å²) in [4.78, 5) is 14.4. The van der Waals surface area contributed by atoms with Crippen LogP contribution >= 0.6 is 0 Å². The second-order valence-corrected chi connectivity index (χ2v) is 5.77. The summed E-state index contributed by atoms with van der Waals surface area (Å²) in [6.45, 7) is 6.67. The SMILES string of the molecule is CC(C)c1ccc(C(=O)N2CCCC(CN)C2)cc1. The van der Waals surface area contributed by atoms with Crippen LogP contribution in [0.15, 0.2) is 24.3 Å². The Morgan fingerprint density at radius 2 is 2.05 bits per heavy atom. The van der Waals surface area contributed by atoms with Crippen molar-refractivity contribution in [2.45, 2.75) is 32.6 Å². The van der Waals surface area contributed by atoms with E-state index in [1.54, 1.807) is 0 Å². The molecule has 1 amide bonds. The van der Waals surface area contributed by atoms with Crippen LogP contribution in [0.1, 0.15) is 48.5 Å². The lowest BCUT2D eigenvalue weighted by Crippen LogP contribution is -2.42. The second-order valence-electron chi connectivity index (χ2n) is 5.77. The normalized spacial score (nSPS) is 19.8. The standard InChI is InChI=1S/C16H24N2O/c1-12(2)14-5-7-15(8-6-14)16(19)18-9-3-4-13(10-17)11-18/h5-8,12-13H,3-4,9-11,17H2,1-2H3. The molecule has 0 spiro atoms. The predicted molar refractivity (Wildman–Crippen MR) is 78.2 cm³/mol. The molecule has 1 atom stereocenters. The zero-order valence-corrected chi connectivity index (χ0v) is 11.9. The van der Waals surface area contributed by atoms with Gasteiger partial charge in [-0.05, 0) is 48.9 Å². The Labute approximate surface area is 115 Å². The molecule has 1 aromatic rings. The summed E-state index contributed by atoms with van der Waals surface area (Å²) in [6.07, 6.45) is 2.21. The summed E-state index contributed by atoms with van der Waals surface area (Å²) in [6, 6.07) is 8.01. The van der Waals surface area contributed by atoms with Crippen molar-refractivity contribution in [2.75, 3.05) is 19.6 Å². The maximum absolute atomic E-state index is 12.4. The Morgan fingerprint density at radius 3 is 2.63 bits per heavy atom. The largest absolute Gasteiger partial charge is 0.338 e. The summed E-state index contributed by atoms with van der Waals surface area (Å²) in [5.41, 5.74) is 7.79. The third-order valence-electron chi connectivity index (χ3n) is 3.96. The average molecular weight is 260 g/mol. The topological polar surface area (TPSA) is 46.3 Å². The highest BCUT2D eigenvalue weighted by atomic mass is 16.2. The highest BCUT2D eigenvalue weighted by Gasteiger charge is 2.23. The molecular formula is C16H24N2O. The highest BCUT2D eigenvalue weighted by Crippen LogP contribution is 2.19. The number of likely N-dealkylation sites (tertiary alicyclic amines) is 1.